The van der Waals surface area contributed by atoms with Crippen molar-refractivity contribution in [2.24, 2.45) is 5.41 Å². The first-order valence-corrected chi connectivity index (χ1v) is 5.44. The topological polar surface area (TPSA) is 49.8 Å². The van der Waals surface area contributed by atoms with Gasteiger partial charge in [-0.25, -0.2) is 0 Å². The molecule has 1 rings (SSSR count). The van der Waals surface area contributed by atoms with E-state index in [2.05, 4.69) is 6.92 Å². The lowest BCUT2D eigenvalue weighted by Crippen LogP contribution is -2.47. The van der Waals surface area contributed by atoms with E-state index in [9.17, 15) is 4.79 Å². The van der Waals surface area contributed by atoms with Gasteiger partial charge in [0.15, 0.2) is 0 Å². The molecule has 1 fully saturated rings. The second-order valence-electron chi connectivity index (χ2n) is 4.79. The molecule has 0 bridgehead atoms. The maximum atomic E-state index is 10.8. The van der Waals surface area contributed by atoms with Crippen LogP contribution in [0.5, 0.6) is 0 Å². The summed E-state index contributed by atoms with van der Waals surface area (Å²) in [6.07, 6.45) is 2.02. The zero-order valence-electron chi connectivity index (χ0n) is 9.82. The van der Waals surface area contributed by atoms with Crippen molar-refractivity contribution < 1.29 is 14.6 Å². The van der Waals surface area contributed by atoms with Crippen LogP contribution in [0.25, 0.3) is 0 Å². The molecule has 1 aliphatic heterocycles. The van der Waals surface area contributed by atoms with Gasteiger partial charge in [-0.15, -0.1) is 0 Å². The van der Waals surface area contributed by atoms with Gasteiger partial charge in [-0.3, -0.25) is 9.69 Å². The molecule has 1 unspecified atom stereocenters. The molecule has 1 heterocycles. The zero-order chi connectivity index (χ0) is 11.5. The lowest BCUT2D eigenvalue weighted by atomic mass is 9.81. The Morgan fingerprint density at radius 2 is 2.07 bits per heavy atom. The second-order valence-corrected chi connectivity index (χ2v) is 4.79. The van der Waals surface area contributed by atoms with Crippen molar-refractivity contribution in [1.29, 1.82) is 0 Å². The molecule has 1 atom stereocenters. The molecule has 15 heavy (non-hydrogen) atoms. The molecule has 0 aromatic heterocycles. The van der Waals surface area contributed by atoms with E-state index in [1.165, 1.54) is 0 Å². The van der Waals surface area contributed by atoms with Crippen LogP contribution < -0.4 is 0 Å². The van der Waals surface area contributed by atoms with E-state index >= 15 is 0 Å². The second kappa shape index (κ2) is 4.94. The van der Waals surface area contributed by atoms with Gasteiger partial charge >= 0.3 is 5.97 Å². The van der Waals surface area contributed by atoms with E-state index in [0.717, 1.165) is 32.5 Å². The first-order valence-electron chi connectivity index (χ1n) is 5.44. The summed E-state index contributed by atoms with van der Waals surface area (Å²) in [5.74, 6) is -0.731. The standard InChI is InChI=1S/C11H21NO3/c1-9(10(13)14)12-6-4-11(2,5-7-12)8-15-3/h9H,4-8H2,1-3H3,(H,13,14). The highest BCUT2D eigenvalue weighted by atomic mass is 16.5. The number of ether oxygens (including phenoxy) is 1. The minimum Gasteiger partial charge on any atom is -0.480 e. The number of rotatable bonds is 4. The third-order valence-corrected chi connectivity index (χ3v) is 3.40. The normalized spacial score (nSPS) is 23.7. The highest BCUT2D eigenvalue weighted by Gasteiger charge is 2.33. The molecule has 4 heteroatoms. The molecule has 4 nitrogen and oxygen atoms in total. The Bertz CT molecular complexity index is 222. The summed E-state index contributed by atoms with van der Waals surface area (Å²) in [5.41, 5.74) is 0.226. The Balaban J connectivity index is 2.45. The van der Waals surface area contributed by atoms with Gasteiger partial charge in [0, 0.05) is 7.11 Å². The quantitative estimate of drug-likeness (QED) is 0.765. The third-order valence-electron chi connectivity index (χ3n) is 3.40. The highest BCUT2D eigenvalue weighted by Crippen LogP contribution is 2.31. The van der Waals surface area contributed by atoms with Crippen molar-refractivity contribution in [3.63, 3.8) is 0 Å². The van der Waals surface area contributed by atoms with Crippen LogP contribution in [0.4, 0.5) is 0 Å². The molecule has 1 aliphatic rings. The molecule has 0 aromatic rings. The highest BCUT2D eigenvalue weighted by molar-refractivity contribution is 5.72. The Morgan fingerprint density at radius 3 is 2.47 bits per heavy atom. The van der Waals surface area contributed by atoms with E-state index in [0.29, 0.717) is 0 Å². The Kier molecular flexibility index (Phi) is 4.11. The van der Waals surface area contributed by atoms with Gasteiger partial charge < -0.3 is 9.84 Å². The van der Waals surface area contributed by atoms with Crippen LogP contribution in [0.3, 0.4) is 0 Å². The smallest absolute Gasteiger partial charge is 0.320 e. The van der Waals surface area contributed by atoms with E-state index in [-0.39, 0.29) is 11.5 Å². The number of carbonyl (C=O) groups is 1. The molecule has 0 saturated carbocycles. The number of hydrogen-bond acceptors (Lipinski definition) is 3. The number of piperidine rings is 1. The van der Waals surface area contributed by atoms with Crippen molar-refractivity contribution in [2.45, 2.75) is 32.7 Å². The maximum absolute atomic E-state index is 10.8. The summed E-state index contributed by atoms with van der Waals surface area (Å²) in [6.45, 7) is 6.43. The van der Waals surface area contributed by atoms with E-state index in [1.54, 1.807) is 14.0 Å². The molecular formula is C11H21NO3. The fourth-order valence-corrected chi connectivity index (χ4v) is 2.10. The van der Waals surface area contributed by atoms with Crippen molar-refractivity contribution in [3.05, 3.63) is 0 Å². The van der Waals surface area contributed by atoms with Gasteiger partial charge in [-0.2, -0.15) is 0 Å². The Morgan fingerprint density at radius 1 is 1.53 bits per heavy atom. The van der Waals surface area contributed by atoms with Crippen LogP contribution in [0.1, 0.15) is 26.7 Å². The molecule has 1 saturated heterocycles. The van der Waals surface area contributed by atoms with Crippen molar-refractivity contribution in [1.82, 2.24) is 4.90 Å². The predicted octanol–water partition coefficient (Wildman–Crippen LogP) is 1.21. The minimum absolute atomic E-state index is 0.226. The summed E-state index contributed by atoms with van der Waals surface area (Å²) < 4.78 is 5.19. The Hall–Kier alpha value is -0.610. The molecule has 0 aliphatic carbocycles. The van der Waals surface area contributed by atoms with E-state index < -0.39 is 5.97 Å². The van der Waals surface area contributed by atoms with Crippen LogP contribution >= 0.6 is 0 Å². The number of aliphatic carboxylic acids is 1. The lowest BCUT2D eigenvalue weighted by molar-refractivity contribution is -0.143. The van der Waals surface area contributed by atoms with Crippen LogP contribution in [-0.4, -0.2) is 48.8 Å². The fraction of sp³-hybridized carbons (Fsp3) is 0.909. The van der Waals surface area contributed by atoms with Crippen molar-refractivity contribution >= 4 is 5.97 Å². The Labute approximate surface area is 91.2 Å². The number of nitrogens with zero attached hydrogens (tertiary/aromatic N) is 1. The summed E-state index contributed by atoms with van der Waals surface area (Å²) in [7, 11) is 1.72. The van der Waals surface area contributed by atoms with Crippen LogP contribution in [0.2, 0.25) is 0 Å². The van der Waals surface area contributed by atoms with Crippen LogP contribution in [0.15, 0.2) is 0 Å². The molecule has 0 radical (unpaired) electrons. The molecule has 88 valence electrons. The van der Waals surface area contributed by atoms with Gasteiger partial charge in [0.2, 0.25) is 0 Å². The molecule has 0 aromatic carbocycles. The number of likely N-dealkylation sites (tertiary alicyclic amines) is 1. The van der Waals surface area contributed by atoms with Crippen LogP contribution in [-0.2, 0) is 9.53 Å². The average molecular weight is 215 g/mol. The van der Waals surface area contributed by atoms with E-state index in [1.807, 2.05) is 4.90 Å². The molecule has 1 N–H and O–H groups in total. The number of carboxylic acids is 1. The van der Waals surface area contributed by atoms with Gasteiger partial charge in [0.05, 0.1) is 6.61 Å². The van der Waals surface area contributed by atoms with Crippen molar-refractivity contribution in [3.8, 4) is 0 Å². The van der Waals surface area contributed by atoms with Crippen LogP contribution in [0, 0.1) is 5.41 Å². The number of carboxylic acid groups (broad SMARTS) is 1. The molecular weight excluding hydrogens is 194 g/mol. The maximum Gasteiger partial charge on any atom is 0.320 e. The first kappa shape index (κ1) is 12.5. The predicted molar refractivity (Wildman–Crippen MR) is 57.9 cm³/mol. The van der Waals surface area contributed by atoms with Gasteiger partial charge in [-0.05, 0) is 38.3 Å². The zero-order valence-corrected chi connectivity index (χ0v) is 9.82. The van der Waals surface area contributed by atoms with Gasteiger partial charge in [0.25, 0.3) is 0 Å². The third kappa shape index (κ3) is 3.18. The fourth-order valence-electron chi connectivity index (χ4n) is 2.10. The monoisotopic (exact) mass is 215 g/mol. The summed E-state index contributed by atoms with van der Waals surface area (Å²) >= 11 is 0. The van der Waals surface area contributed by atoms with Crippen molar-refractivity contribution in [2.75, 3.05) is 26.8 Å². The SMILES string of the molecule is COCC1(C)CCN(C(C)C(=O)O)CC1. The summed E-state index contributed by atoms with van der Waals surface area (Å²) in [6, 6.07) is -0.364. The largest absolute Gasteiger partial charge is 0.480 e. The lowest BCUT2D eigenvalue weighted by Gasteiger charge is -2.40. The van der Waals surface area contributed by atoms with Gasteiger partial charge in [0.1, 0.15) is 6.04 Å². The molecule has 0 spiro atoms. The average Bonchev–Trinajstić information content (AvgIpc) is 2.18. The minimum atomic E-state index is -0.731. The molecule has 0 amide bonds. The summed E-state index contributed by atoms with van der Waals surface area (Å²) in [5, 5.41) is 8.90. The number of hydrogen-bond donors (Lipinski definition) is 1. The number of methoxy groups -OCH3 is 1. The van der Waals surface area contributed by atoms with Gasteiger partial charge in [-0.1, -0.05) is 6.92 Å². The first-order chi connectivity index (χ1) is 6.98. The van der Waals surface area contributed by atoms with E-state index in [4.69, 9.17) is 9.84 Å². The summed E-state index contributed by atoms with van der Waals surface area (Å²) in [4.78, 5) is 12.8.